The SMILES string of the molecule is Nc1nc(/C(=N/O)C(=O)N[C@@H]2C(=O)N3C(C(=O)O)=C(CSc4nc(C[n+]5cccc6c5CCC6)cs4)CSC23)ns1. The van der Waals surface area contributed by atoms with E-state index in [9.17, 15) is 24.7 Å². The van der Waals surface area contributed by atoms with E-state index in [1.54, 1.807) is 0 Å². The van der Waals surface area contributed by atoms with E-state index >= 15 is 0 Å². The number of aryl methyl sites for hydroxylation is 1. The first-order chi connectivity index (χ1) is 19.8. The minimum atomic E-state index is -1.21. The van der Waals surface area contributed by atoms with Crippen molar-refractivity contribution in [2.75, 3.05) is 17.2 Å². The third kappa shape index (κ3) is 5.29. The highest BCUT2D eigenvalue weighted by Crippen LogP contribution is 2.42. The molecule has 1 fully saturated rings. The number of thiazole rings is 1. The van der Waals surface area contributed by atoms with Gasteiger partial charge in [0.1, 0.15) is 22.8 Å². The Bertz CT molecular complexity index is 1620. The van der Waals surface area contributed by atoms with Crippen molar-refractivity contribution in [2.45, 2.75) is 41.6 Å². The van der Waals surface area contributed by atoms with Crippen LogP contribution in [0.3, 0.4) is 0 Å². The molecule has 1 unspecified atom stereocenters. The summed E-state index contributed by atoms with van der Waals surface area (Å²) in [6.07, 6.45) is 5.43. The average molecular weight is 632 g/mol. The van der Waals surface area contributed by atoms with Gasteiger partial charge < -0.3 is 21.4 Å². The van der Waals surface area contributed by atoms with E-state index in [1.165, 1.54) is 57.4 Å². The van der Waals surface area contributed by atoms with Gasteiger partial charge in [0.2, 0.25) is 11.5 Å². The fourth-order valence-corrected chi connectivity index (χ4v) is 8.79. The van der Waals surface area contributed by atoms with E-state index in [0.29, 0.717) is 23.6 Å². The van der Waals surface area contributed by atoms with Crippen LogP contribution in [0.2, 0.25) is 0 Å². The number of carbonyl (C=O) groups is 3. The van der Waals surface area contributed by atoms with Crippen molar-refractivity contribution in [3.63, 3.8) is 0 Å². The lowest BCUT2D eigenvalue weighted by atomic mass is 10.0. The Morgan fingerprint density at radius 3 is 2.93 bits per heavy atom. The Kier molecular flexibility index (Phi) is 7.67. The Hall–Kier alpha value is -3.54. The second-order valence-electron chi connectivity index (χ2n) is 9.38. The number of carboxylic acids is 1. The number of aliphatic carboxylic acids is 1. The van der Waals surface area contributed by atoms with Gasteiger partial charge in [-0.1, -0.05) is 16.9 Å². The molecule has 212 valence electrons. The van der Waals surface area contributed by atoms with Gasteiger partial charge in [0.15, 0.2) is 27.9 Å². The molecule has 6 rings (SSSR count). The van der Waals surface area contributed by atoms with E-state index < -0.39 is 34.9 Å². The van der Waals surface area contributed by atoms with E-state index in [1.807, 2.05) is 5.38 Å². The first-order valence-electron chi connectivity index (χ1n) is 12.4. The second-order valence-corrected chi connectivity index (χ2v) is 13.3. The van der Waals surface area contributed by atoms with Crippen molar-refractivity contribution in [3.05, 3.63) is 57.8 Å². The number of nitrogens with two attached hydrogens (primary N) is 1. The summed E-state index contributed by atoms with van der Waals surface area (Å²) in [6.45, 7) is 0.685. The predicted molar refractivity (Wildman–Crippen MR) is 153 cm³/mol. The molecule has 1 saturated heterocycles. The molecule has 5 heterocycles. The fraction of sp³-hybridized carbons (Fsp3) is 0.333. The molecule has 2 amide bonds. The monoisotopic (exact) mass is 631 g/mol. The van der Waals surface area contributed by atoms with Crippen LogP contribution in [0.4, 0.5) is 5.13 Å². The van der Waals surface area contributed by atoms with E-state index in [-0.39, 0.29) is 16.7 Å². The molecule has 0 aromatic carbocycles. The molecule has 5 N–H and O–H groups in total. The summed E-state index contributed by atoms with van der Waals surface area (Å²) in [7, 11) is 0. The summed E-state index contributed by atoms with van der Waals surface area (Å²) in [4.78, 5) is 47.7. The van der Waals surface area contributed by atoms with Gasteiger partial charge in [-0.25, -0.2) is 9.78 Å². The van der Waals surface area contributed by atoms with Crippen molar-refractivity contribution < 1.29 is 29.3 Å². The zero-order valence-electron chi connectivity index (χ0n) is 21.2. The van der Waals surface area contributed by atoms with Crippen molar-refractivity contribution in [1.82, 2.24) is 24.6 Å². The van der Waals surface area contributed by atoms with Crippen molar-refractivity contribution >= 4 is 75.0 Å². The zero-order valence-corrected chi connectivity index (χ0v) is 24.5. The van der Waals surface area contributed by atoms with Gasteiger partial charge in [-0.3, -0.25) is 14.5 Å². The molecule has 2 atom stereocenters. The first-order valence-corrected chi connectivity index (χ1v) is 16.1. The fourth-order valence-electron chi connectivity index (χ4n) is 5.04. The maximum Gasteiger partial charge on any atom is 0.352 e. The molecule has 3 aromatic heterocycles. The molecule has 0 saturated carbocycles. The van der Waals surface area contributed by atoms with Gasteiger partial charge in [0.05, 0.1) is 0 Å². The van der Waals surface area contributed by atoms with E-state index in [0.717, 1.165) is 34.4 Å². The number of hydrogen-bond donors (Lipinski definition) is 4. The lowest BCUT2D eigenvalue weighted by Gasteiger charge is -2.49. The molecular weight excluding hydrogens is 609 g/mol. The Morgan fingerprint density at radius 2 is 2.17 bits per heavy atom. The third-order valence-electron chi connectivity index (χ3n) is 6.88. The number of nitrogen functional groups attached to an aromatic ring is 1. The number of oxime groups is 1. The first kappa shape index (κ1) is 27.6. The molecule has 0 spiro atoms. The number of carboxylic acid groups (broad SMARTS) is 1. The largest absolute Gasteiger partial charge is 0.477 e. The van der Waals surface area contributed by atoms with Crippen LogP contribution in [0, 0.1) is 0 Å². The number of fused-ring (bicyclic) bond motifs is 2. The lowest BCUT2D eigenvalue weighted by Crippen LogP contribution is -2.71. The van der Waals surface area contributed by atoms with Crippen LogP contribution >= 0.6 is 46.4 Å². The highest BCUT2D eigenvalue weighted by atomic mass is 32.2. The highest BCUT2D eigenvalue weighted by molar-refractivity contribution is 8.01. The maximum absolute atomic E-state index is 13.0. The second kappa shape index (κ2) is 11.4. The standard InChI is InChI=1S/C24H22N8O5S4/c25-23-28-18(30-41-23)15(29-37)19(33)27-16-20(34)32-17(22(35)36)12(8-38-21(16)32)9-39-24-26-13(10-40-24)7-31-6-2-4-11-3-1-5-14(11)31/h2,4,6,10,16,21H,1,3,5,7-9H2,(H4-,25,27,28,30,33,35,36,37)/p+1/t16-,21?/m1/s1. The molecule has 3 aliphatic rings. The third-order valence-corrected chi connectivity index (χ3v) is 10.9. The van der Waals surface area contributed by atoms with Crippen molar-refractivity contribution in [1.29, 1.82) is 0 Å². The number of amides is 2. The molecule has 0 bridgehead atoms. The molecule has 3 aromatic rings. The van der Waals surface area contributed by atoms with Gasteiger partial charge in [-0.2, -0.15) is 13.9 Å². The predicted octanol–water partition coefficient (Wildman–Crippen LogP) is 1.11. The summed E-state index contributed by atoms with van der Waals surface area (Å²) in [5.41, 5.74) is 9.27. The number of nitrogens with one attached hydrogen (secondary N) is 1. The van der Waals surface area contributed by atoms with Crippen LogP contribution in [0.15, 0.2) is 44.5 Å². The number of hydrogen-bond acceptors (Lipinski definition) is 13. The summed E-state index contributed by atoms with van der Waals surface area (Å²) < 4.78 is 6.92. The topological polar surface area (TPSA) is 188 Å². The molecule has 0 radical (unpaired) electrons. The number of thioether (sulfide) groups is 2. The van der Waals surface area contributed by atoms with Crippen molar-refractivity contribution in [2.24, 2.45) is 5.16 Å². The van der Waals surface area contributed by atoms with Crippen LogP contribution in [0.25, 0.3) is 0 Å². The molecule has 2 aliphatic heterocycles. The van der Waals surface area contributed by atoms with Crippen LogP contribution in [-0.2, 0) is 33.8 Å². The summed E-state index contributed by atoms with van der Waals surface area (Å²) in [5, 5.41) is 26.2. The molecule has 1 aliphatic carbocycles. The van der Waals surface area contributed by atoms with Gasteiger partial charge in [-0.05, 0) is 24.5 Å². The highest BCUT2D eigenvalue weighted by Gasteiger charge is 2.54. The molecule has 41 heavy (non-hydrogen) atoms. The summed E-state index contributed by atoms with van der Waals surface area (Å²) >= 11 is 5.13. The minimum absolute atomic E-state index is 0.0751. The summed E-state index contributed by atoms with van der Waals surface area (Å²) in [6, 6.07) is 3.25. The van der Waals surface area contributed by atoms with Crippen molar-refractivity contribution in [3.8, 4) is 0 Å². The Balaban J connectivity index is 1.11. The molecule has 13 nitrogen and oxygen atoms in total. The number of pyridine rings is 1. The minimum Gasteiger partial charge on any atom is -0.477 e. The quantitative estimate of drug-likeness (QED) is 0.0662. The molecule has 17 heteroatoms. The van der Waals surface area contributed by atoms with Gasteiger partial charge >= 0.3 is 5.97 Å². The van der Waals surface area contributed by atoms with Crippen LogP contribution in [-0.4, -0.2) is 76.0 Å². The summed E-state index contributed by atoms with van der Waals surface area (Å²) in [5.74, 6) is -2.09. The number of aromatic nitrogens is 4. The Labute approximate surface area is 249 Å². The van der Waals surface area contributed by atoms with Crippen LogP contribution < -0.4 is 15.6 Å². The zero-order chi connectivity index (χ0) is 28.7. The van der Waals surface area contributed by atoms with Crippen LogP contribution in [0.5, 0.6) is 0 Å². The van der Waals surface area contributed by atoms with Gasteiger partial charge in [0.25, 0.3) is 11.8 Å². The maximum atomic E-state index is 13.0. The number of rotatable bonds is 9. The van der Waals surface area contributed by atoms with E-state index in [4.69, 9.17) is 10.7 Å². The Morgan fingerprint density at radius 1 is 1.32 bits per heavy atom. The smallest absolute Gasteiger partial charge is 0.352 e. The molecular formula is C24H23N8O5S4+. The van der Waals surface area contributed by atoms with E-state index in [2.05, 4.69) is 42.7 Å². The van der Waals surface area contributed by atoms with Gasteiger partial charge in [-0.15, -0.1) is 23.1 Å². The van der Waals surface area contributed by atoms with Gasteiger partial charge in [0, 0.05) is 46.5 Å². The average Bonchev–Trinajstić information content (AvgIpc) is 3.72. The number of β-lactam (4-membered cyclic amide) rings is 1. The normalized spacial score (nSPS) is 20.0. The number of anilines is 1. The number of carbonyl (C=O) groups excluding carboxylic acids is 2. The number of nitrogens with zero attached hydrogens (tertiary/aromatic N) is 6. The van der Waals surface area contributed by atoms with Crippen LogP contribution in [0.1, 0.15) is 29.2 Å². The lowest BCUT2D eigenvalue weighted by molar-refractivity contribution is -0.695.